The van der Waals surface area contributed by atoms with Gasteiger partial charge in [-0.1, -0.05) is 50.7 Å². The lowest BCUT2D eigenvalue weighted by Crippen LogP contribution is -2.19. The fourth-order valence-electron chi connectivity index (χ4n) is 1.45. The Bertz CT molecular complexity index is 664. The molecule has 3 nitrogen and oxygen atoms in total. The third-order valence-electron chi connectivity index (χ3n) is 2.35. The van der Waals surface area contributed by atoms with Crippen LogP contribution >= 0.6 is 50.7 Å². The van der Waals surface area contributed by atoms with E-state index in [9.17, 15) is 4.79 Å². The lowest BCUT2D eigenvalue weighted by atomic mass is 10.3. The summed E-state index contributed by atoms with van der Waals surface area (Å²) in [6.45, 7) is 0. The third-order valence-corrected chi connectivity index (χ3v) is 3.92. The van der Waals surface area contributed by atoms with Gasteiger partial charge in [0.25, 0.3) is 0 Å². The Morgan fingerprint density at radius 3 is 2.30 bits per heavy atom. The molecule has 0 aliphatic heterocycles. The van der Waals surface area contributed by atoms with E-state index in [1.54, 1.807) is 36.4 Å². The van der Waals surface area contributed by atoms with Gasteiger partial charge in [0.15, 0.2) is 0 Å². The summed E-state index contributed by atoms with van der Waals surface area (Å²) < 4.78 is 0.812. The first-order valence-corrected chi connectivity index (χ1v) is 7.36. The van der Waals surface area contributed by atoms with Gasteiger partial charge in [0, 0.05) is 10.2 Å². The summed E-state index contributed by atoms with van der Waals surface area (Å²) in [5.74, 6) is 0. The molecule has 0 aliphatic carbocycles. The number of carbonyl (C=O) groups excluding carboxylic acids is 1. The molecule has 0 bridgehead atoms. The highest BCUT2D eigenvalue weighted by molar-refractivity contribution is 9.10. The molecular formula is C13H8BrCl3N2O. The zero-order valence-electron chi connectivity index (χ0n) is 9.88. The minimum absolute atomic E-state index is 0.366. The summed E-state index contributed by atoms with van der Waals surface area (Å²) in [4.78, 5) is 11.9. The second-order valence-electron chi connectivity index (χ2n) is 3.83. The Hall–Kier alpha value is -0.940. The Labute approximate surface area is 139 Å². The first kappa shape index (κ1) is 15.4. The van der Waals surface area contributed by atoms with E-state index in [1.807, 2.05) is 0 Å². The zero-order chi connectivity index (χ0) is 14.7. The first-order chi connectivity index (χ1) is 9.45. The fraction of sp³-hybridized carbons (Fsp3) is 0. The van der Waals surface area contributed by atoms with Crippen LogP contribution < -0.4 is 10.6 Å². The summed E-state index contributed by atoms with van der Waals surface area (Å²) in [6, 6.07) is 9.55. The Balaban J connectivity index is 2.09. The van der Waals surface area contributed by atoms with Gasteiger partial charge in [-0.2, -0.15) is 0 Å². The molecule has 20 heavy (non-hydrogen) atoms. The van der Waals surface area contributed by atoms with Crippen molar-refractivity contribution in [2.45, 2.75) is 0 Å². The molecule has 0 aliphatic rings. The molecule has 2 aromatic carbocycles. The van der Waals surface area contributed by atoms with Crippen molar-refractivity contribution in [2.75, 3.05) is 10.6 Å². The molecule has 2 amide bonds. The highest BCUT2D eigenvalue weighted by Gasteiger charge is 2.07. The van der Waals surface area contributed by atoms with E-state index in [2.05, 4.69) is 26.6 Å². The molecule has 2 rings (SSSR count). The van der Waals surface area contributed by atoms with Gasteiger partial charge in [-0.05, 0) is 36.4 Å². The molecule has 0 atom stereocenters. The lowest BCUT2D eigenvalue weighted by molar-refractivity contribution is 0.262. The number of amides is 2. The molecule has 0 saturated heterocycles. The van der Waals surface area contributed by atoms with Crippen molar-refractivity contribution < 1.29 is 4.79 Å². The highest BCUT2D eigenvalue weighted by Crippen LogP contribution is 2.27. The number of carbonyl (C=O) groups is 1. The van der Waals surface area contributed by atoms with Crippen molar-refractivity contribution in [3.8, 4) is 0 Å². The number of hydrogen-bond acceptors (Lipinski definition) is 1. The molecule has 0 unspecified atom stereocenters. The molecule has 104 valence electrons. The lowest BCUT2D eigenvalue weighted by Gasteiger charge is -2.10. The number of anilines is 2. The largest absolute Gasteiger partial charge is 0.323 e. The number of benzene rings is 2. The maximum Gasteiger partial charge on any atom is 0.323 e. The van der Waals surface area contributed by atoms with Crippen LogP contribution in [0.4, 0.5) is 16.2 Å². The van der Waals surface area contributed by atoms with Crippen LogP contribution in [-0.2, 0) is 0 Å². The van der Waals surface area contributed by atoms with Crippen LogP contribution in [0.5, 0.6) is 0 Å². The van der Waals surface area contributed by atoms with E-state index in [0.717, 1.165) is 4.47 Å². The standard InChI is InChI=1S/C13H8BrCl3N2O/c14-7-1-3-10(16)12(5-7)19-13(20)18-8-2-4-9(15)11(17)6-8/h1-6H,(H2,18,19,20). The topological polar surface area (TPSA) is 41.1 Å². The van der Waals surface area contributed by atoms with Gasteiger partial charge in [0.05, 0.1) is 20.8 Å². The number of nitrogens with one attached hydrogen (secondary N) is 2. The van der Waals surface area contributed by atoms with Crippen LogP contribution in [0.2, 0.25) is 15.1 Å². The number of halogens is 4. The number of hydrogen-bond donors (Lipinski definition) is 2. The van der Waals surface area contributed by atoms with Gasteiger partial charge in [-0.15, -0.1) is 0 Å². The predicted octanol–water partition coefficient (Wildman–Crippen LogP) is 6.05. The molecule has 2 N–H and O–H groups in total. The third kappa shape index (κ3) is 4.03. The van der Waals surface area contributed by atoms with E-state index >= 15 is 0 Å². The van der Waals surface area contributed by atoms with E-state index in [0.29, 0.717) is 26.4 Å². The predicted molar refractivity (Wildman–Crippen MR) is 88.3 cm³/mol. The van der Waals surface area contributed by atoms with Crippen LogP contribution in [0.3, 0.4) is 0 Å². The summed E-state index contributed by atoms with van der Waals surface area (Å²) in [5, 5.41) is 6.52. The van der Waals surface area contributed by atoms with Crippen LogP contribution in [0.1, 0.15) is 0 Å². The maximum atomic E-state index is 11.9. The monoisotopic (exact) mass is 392 g/mol. The number of urea groups is 1. The van der Waals surface area contributed by atoms with Crippen molar-refractivity contribution >= 4 is 68.1 Å². The second kappa shape index (κ2) is 6.68. The summed E-state index contributed by atoms with van der Waals surface area (Å²) in [6.07, 6.45) is 0. The van der Waals surface area contributed by atoms with Crippen molar-refractivity contribution in [2.24, 2.45) is 0 Å². The maximum absolute atomic E-state index is 11.9. The van der Waals surface area contributed by atoms with Gasteiger partial charge in [-0.25, -0.2) is 4.79 Å². The number of rotatable bonds is 2. The van der Waals surface area contributed by atoms with Crippen LogP contribution in [-0.4, -0.2) is 6.03 Å². The molecule has 0 fully saturated rings. The van der Waals surface area contributed by atoms with Crippen LogP contribution in [0, 0.1) is 0 Å². The molecule has 0 saturated carbocycles. The SMILES string of the molecule is O=C(Nc1ccc(Cl)c(Cl)c1)Nc1cc(Br)ccc1Cl. The van der Waals surface area contributed by atoms with Crippen LogP contribution in [0.25, 0.3) is 0 Å². The Kier molecular flexibility index (Phi) is 5.16. The van der Waals surface area contributed by atoms with Gasteiger partial charge in [0.2, 0.25) is 0 Å². The van der Waals surface area contributed by atoms with Crippen molar-refractivity contribution in [1.82, 2.24) is 0 Å². The summed E-state index contributed by atoms with van der Waals surface area (Å²) in [7, 11) is 0. The molecule has 0 heterocycles. The van der Waals surface area contributed by atoms with Gasteiger partial charge < -0.3 is 10.6 Å². The Morgan fingerprint density at radius 2 is 1.60 bits per heavy atom. The van der Waals surface area contributed by atoms with Crippen molar-refractivity contribution in [3.63, 3.8) is 0 Å². The molecule has 0 spiro atoms. The summed E-state index contributed by atoms with van der Waals surface area (Å²) in [5.41, 5.74) is 1.03. The van der Waals surface area contributed by atoms with E-state index in [4.69, 9.17) is 34.8 Å². The quantitative estimate of drug-likeness (QED) is 0.639. The summed E-state index contributed by atoms with van der Waals surface area (Å²) >= 11 is 21.0. The Morgan fingerprint density at radius 1 is 0.900 bits per heavy atom. The zero-order valence-corrected chi connectivity index (χ0v) is 13.7. The van der Waals surface area contributed by atoms with E-state index < -0.39 is 6.03 Å². The molecular weight excluding hydrogens is 386 g/mol. The molecule has 7 heteroatoms. The fourth-order valence-corrected chi connectivity index (χ4v) is 2.28. The minimum Gasteiger partial charge on any atom is -0.308 e. The highest BCUT2D eigenvalue weighted by atomic mass is 79.9. The molecule has 2 aromatic rings. The van der Waals surface area contributed by atoms with E-state index in [-0.39, 0.29) is 0 Å². The van der Waals surface area contributed by atoms with Gasteiger partial charge >= 0.3 is 6.03 Å². The average Bonchev–Trinajstić information content (AvgIpc) is 2.38. The average molecular weight is 394 g/mol. The second-order valence-corrected chi connectivity index (χ2v) is 5.97. The van der Waals surface area contributed by atoms with Crippen LogP contribution in [0.15, 0.2) is 40.9 Å². The first-order valence-electron chi connectivity index (χ1n) is 5.44. The van der Waals surface area contributed by atoms with Crippen molar-refractivity contribution in [3.05, 3.63) is 55.9 Å². The molecule has 0 radical (unpaired) electrons. The van der Waals surface area contributed by atoms with Gasteiger partial charge in [-0.3, -0.25) is 0 Å². The van der Waals surface area contributed by atoms with Crippen molar-refractivity contribution in [1.29, 1.82) is 0 Å². The molecule has 0 aromatic heterocycles. The normalized spacial score (nSPS) is 10.2. The van der Waals surface area contributed by atoms with Gasteiger partial charge in [0.1, 0.15) is 0 Å². The van der Waals surface area contributed by atoms with E-state index in [1.165, 1.54) is 0 Å². The minimum atomic E-state index is -0.427. The smallest absolute Gasteiger partial charge is 0.308 e.